The molecule has 2 rings (SSSR count). The van der Waals surface area contributed by atoms with Gasteiger partial charge in [0.2, 0.25) is 5.56 Å². The summed E-state index contributed by atoms with van der Waals surface area (Å²) in [5.74, 6) is -0.200. The number of hydrogen-bond donors (Lipinski definition) is 2. The van der Waals surface area contributed by atoms with Crippen molar-refractivity contribution in [3.63, 3.8) is 0 Å². The summed E-state index contributed by atoms with van der Waals surface area (Å²) < 4.78 is 0. The van der Waals surface area contributed by atoms with Crippen LogP contribution in [0.1, 0.15) is 15.9 Å². The maximum Gasteiger partial charge on any atom is 0.254 e. The van der Waals surface area contributed by atoms with Crippen molar-refractivity contribution in [2.75, 3.05) is 12.8 Å². The van der Waals surface area contributed by atoms with Gasteiger partial charge >= 0.3 is 0 Å². The second-order valence-corrected chi connectivity index (χ2v) is 4.35. The number of anilines is 1. The summed E-state index contributed by atoms with van der Waals surface area (Å²) in [5, 5.41) is 0. The van der Waals surface area contributed by atoms with Crippen molar-refractivity contribution in [1.29, 1.82) is 0 Å². The molecule has 0 aliphatic carbocycles. The molecule has 5 heteroatoms. The van der Waals surface area contributed by atoms with E-state index in [1.54, 1.807) is 24.1 Å². The van der Waals surface area contributed by atoms with E-state index < -0.39 is 0 Å². The van der Waals surface area contributed by atoms with Crippen LogP contribution in [0.5, 0.6) is 0 Å². The molecule has 1 heterocycles. The van der Waals surface area contributed by atoms with Gasteiger partial charge in [-0.25, -0.2) is 0 Å². The molecule has 0 radical (unpaired) electrons. The molecule has 0 atom stereocenters. The predicted molar refractivity (Wildman–Crippen MR) is 73.7 cm³/mol. The number of nitrogens with zero attached hydrogens (tertiary/aromatic N) is 1. The molecule has 0 bridgehead atoms. The Balaban J connectivity index is 2.14. The fourth-order valence-electron chi connectivity index (χ4n) is 1.84. The first-order valence-corrected chi connectivity index (χ1v) is 5.85. The predicted octanol–water partition coefficient (Wildman–Crippen LogP) is 1.23. The van der Waals surface area contributed by atoms with E-state index in [1.807, 2.05) is 18.2 Å². The summed E-state index contributed by atoms with van der Waals surface area (Å²) in [6.45, 7) is 0.441. The van der Waals surface area contributed by atoms with Crippen LogP contribution in [-0.4, -0.2) is 22.8 Å². The van der Waals surface area contributed by atoms with Crippen molar-refractivity contribution < 1.29 is 4.79 Å². The second kappa shape index (κ2) is 5.39. The Kier molecular flexibility index (Phi) is 3.66. The van der Waals surface area contributed by atoms with Crippen molar-refractivity contribution in [3.8, 4) is 0 Å². The van der Waals surface area contributed by atoms with Gasteiger partial charge in [0.25, 0.3) is 5.91 Å². The molecule has 1 aromatic heterocycles. The Morgan fingerprint density at radius 3 is 2.79 bits per heavy atom. The van der Waals surface area contributed by atoms with Gasteiger partial charge in [0.1, 0.15) is 0 Å². The van der Waals surface area contributed by atoms with Gasteiger partial charge in [-0.3, -0.25) is 9.59 Å². The van der Waals surface area contributed by atoms with Gasteiger partial charge in [-0.1, -0.05) is 12.1 Å². The maximum atomic E-state index is 12.1. The highest BCUT2D eigenvalue weighted by Crippen LogP contribution is 2.10. The number of carbonyl (C=O) groups is 1. The fraction of sp³-hybridized carbons (Fsp3) is 0.143. The number of nitrogens with one attached hydrogen (secondary N) is 1. The van der Waals surface area contributed by atoms with Crippen LogP contribution in [-0.2, 0) is 6.54 Å². The van der Waals surface area contributed by atoms with Crippen LogP contribution in [0, 0.1) is 0 Å². The molecule has 5 nitrogen and oxygen atoms in total. The van der Waals surface area contributed by atoms with Crippen LogP contribution >= 0.6 is 0 Å². The highest BCUT2D eigenvalue weighted by Gasteiger charge is 2.12. The monoisotopic (exact) mass is 257 g/mol. The minimum Gasteiger partial charge on any atom is -0.399 e. The molecule has 0 saturated carbocycles. The Morgan fingerprint density at radius 1 is 1.32 bits per heavy atom. The van der Waals surface area contributed by atoms with Gasteiger partial charge in [0, 0.05) is 37.1 Å². The van der Waals surface area contributed by atoms with E-state index in [9.17, 15) is 9.59 Å². The minimum atomic E-state index is -0.289. The quantitative estimate of drug-likeness (QED) is 0.812. The van der Waals surface area contributed by atoms with E-state index in [2.05, 4.69) is 4.98 Å². The third-order valence-corrected chi connectivity index (χ3v) is 2.74. The largest absolute Gasteiger partial charge is 0.399 e. The van der Waals surface area contributed by atoms with Crippen LogP contribution in [0.2, 0.25) is 0 Å². The van der Waals surface area contributed by atoms with Crippen molar-refractivity contribution in [2.45, 2.75) is 6.54 Å². The van der Waals surface area contributed by atoms with Crippen molar-refractivity contribution >= 4 is 11.6 Å². The number of amides is 1. The minimum absolute atomic E-state index is 0.200. The number of aromatic nitrogens is 1. The Labute approximate surface area is 110 Å². The number of pyridine rings is 1. The highest BCUT2D eigenvalue weighted by atomic mass is 16.2. The lowest BCUT2D eigenvalue weighted by Crippen LogP contribution is -2.27. The summed E-state index contributed by atoms with van der Waals surface area (Å²) in [5.41, 5.74) is 7.38. The van der Waals surface area contributed by atoms with E-state index in [1.165, 1.54) is 12.3 Å². The van der Waals surface area contributed by atoms with E-state index >= 15 is 0 Å². The smallest absolute Gasteiger partial charge is 0.254 e. The third-order valence-electron chi connectivity index (χ3n) is 2.74. The zero-order valence-electron chi connectivity index (χ0n) is 10.6. The maximum absolute atomic E-state index is 12.1. The van der Waals surface area contributed by atoms with Crippen molar-refractivity contribution in [2.24, 2.45) is 0 Å². The van der Waals surface area contributed by atoms with Crippen molar-refractivity contribution in [1.82, 2.24) is 9.88 Å². The summed E-state index contributed by atoms with van der Waals surface area (Å²) >= 11 is 0. The SMILES string of the molecule is CN(Cc1cccc(N)c1)C(=O)c1cc[nH]c(=O)c1. The first-order valence-electron chi connectivity index (χ1n) is 5.85. The van der Waals surface area contributed by atoms with Gasteiger partial charge in [0.05, 0.1) is 0 Å². The highest BCUT2D eigenvalue weighted by molar-refractivity contribution is 5.93. The number of nitrogens with two attached hydrogens (primary N) is 1. The van der Waals surface area contributed by atoms with Gasteiger partial charge in [0.15, 0.2) is 0 Å². The third kappa shape index (κ3) is 3.22. The van der Waals surface area contributed by atoms with Crippen LogP contribution < -0.4 is 11.3 Å². The van der Waals surface area contributed by atoms with Crippen LogP contribution in [0.3, 0.4) is 0 Å². The molecule has 0 saturated heterocycles. The van der Waals surface area contributed by atoms with Crippen molar-refractivity contribution in [3.05, 3.63) is 64.1 Å². The zero-order valence-corrected chi connectivity index (χ0v) is 10.6. The molecule has 1 aromatic carbocycles. The molecule has 1 amide bonds. The lowest BCUT2D eigenvalue weighted by molar-refractivity contribution is 0.0785. The molecule has 0 spiro atoms. The van der Waals surface area contributed by atoms with E-state index in [-0.39, 0.29) is 11.5 Å². The molecule has 0 unspecified atom stereocenters. The lowest BCUT2D eigenvalue weighted by atomic mass is 10.1. The molecule has 0 fully saturated rings. The van der Waals surface area contributed by atoms with Gasteiger partial charge in [-0.2, -0.15) is 0 Å². The Hall–Kier alpha value is -2.56. The van der Waals surface area contributed by atoms with Gasteiger partial charge in [-0.15, -0.1) is 0 Å². The molecule has 0 aliphatic rings. The summed E-state index contributed by atoms with van der Waals surface area (Å²) in [7, 11) is 1.69. The average Bonchev–Trinajstić information content (AvgIpc) is 2.38. The average molecular weight is 257 g/mol. The van der Waals surface area contributed by atoms with Crippen LogP contribution in [0.25, 0.3) is 0 Å². The van der Waals surface area contributed by atoms with Gasteiger partial charge in [-0.05, 0) is 23.8 Å². The van der Waals surface area contributed by atoms with E-state index in [0.717, 1.165) is 5.56 Å². The molecule has 3 N–H and O–H groups in total. The van der Waals surface area contributed by atoms with Crippen LogP contribution in [0.15, 0.2) is 47.4 Å². The summed E-state index contributed by atoms with van der Waals surface area (Å²) in [6, 6.07) is 10.2. The van der Waals surface area contributed by atoms with E-state index in [4.69, 9.17) is 5.73 Å². The number of hydrogen-bond acceptors (Lipinski definition) is 3. The molecular formula is C14H15N3O2. The van der Waals surface area contributed by atoms with Crippen LogP contribution in [0.4, 0.5) is 5.69 Å². The first kappa shape index (κ1) is 12.9. The number of benzene rings is 1. The van der Waals surface area contributed by atoms with Gasteiger partial charge < -0.3 is 15.6 Å². The Morgan fingerprint density at radius 2 is 2.11 bits per heavy atom. The standard InChI is InChI=1S/C14H15N3O2/c1-17(9-10-3-2-4-12(15)7-10)14(19)11-5-6-16-13(18)8-11/h2-8H,9,15H2,1H3,(H,16,18). The lowest BCUT2D eigenvalue weighted by Gasteiger charge is -2.17. The molecule has 0 aliphatic heterocycles. The normalized spacial score (nSPS) is 10.2. The number of nitrogen functional groups attached to an aromatic ring is 1. The molecule has 19 heavy (non-hydrogen) atoms. The second-order valence-electron chi connectivity index (χ2n) is 4.35. The number of H-pyrrole nitrogens is 1. The molecule has 98 valence electrons. The fourth-order valence-corrected chi connectivity index (χ4v) is 1.84. The van der Waals surface area contributed by atoms with E-state index in [0.29, 0.717) is 17.8 Å². The first-order chi connectivity index (χ1) is 9.06. The molecular weight excluding hydrogens is 242 g/mol. The Bertz CT molecular complexity index is 649. The summed E-state index contributed by atoms with van der Waals surface area (Å²) in [4.78, 5) is 27.3. The number of aromatic amines is 1. The number of rotatable bonds is 3. The zero-order chi connectivity index (χ0) is 13.8. The topological polar surface area (TPSA) is 79.2 Å². The molecule has 2 aromatic rings. The summed E-state index contributed by atoms with van der Waals surface area (Å²) in [6.07, 6.45) is 1.46. The number of carbonyl (C=O) groups excluding carboxylic acids is 1.